The fourth-order valence-corrected chi connectivity index (χ4v) is 3.04. The van der Waals surface area contributed by atoms with Gasteiger partial charge in [-0.15, -0.1) is 0 Å². The molecule has 1 amide bonds. The van der Waals surface area contributed by atoms with Gasteiger partial charge in [-0.25, -0.2) is 12.7 Å². The van der Waals surface area contributed by atoms with Crippen LogP contribution in [0.4, 0.5) is 0 Å². The lowest BCUT2D eigenvalue weighted by atomic mass is 10.4. The number of hydrogen-bond acceptors (Lipinski definition) is 5. The molecule has 1 fully saturated rings. The van der Waals surface area contributed by atoms with Gasteiger partial charge < -0.3 is 5.32 Å². The Bertz CT molecular complexity index is 501. The van der Waals surface area contributed by atoms with Gasteiger partial charge in [-0.3, -0.25) is 9.78 Å². The number of hydrogen-bond donors (Lipinski definition) is 1. The van der Waals surface area contributed by atoms with E-state index in [1.54, 1.807) is 0 Å². The summed E-state index contributed by atoms with van der Waals surface area (Å²) < 4.78 is 25.3. The Morgan fingerprint density at radius 3 is 2.94 bits per heavy atom. The van der Waals surface area contributed by atoms with Gasteiger partial charge in [0.15, 0.2) is 0 Å². The first-order chi connectivity index (χ1) is 8.12. The standard InChI is InChI=1S/C10H13N3O3S/c14-10-8-12-5-2-6-13(10)17(15,16)9-3-1-4-11-7-9/h1,3-4,7,12H,2,5-6,8H2. The summed E-state index contributed by atoms with van der Waals surface area (Å²) in [5.74, 6) is -0.425. The molecule has 0 radical (unpaired) electrons. The summed E-state index contributed by atoms with van der Waals surface area (Å²) in [6.45, 7) is 0.910. The van der Waals surface area contributed by atoms with Gasteiger partial charge in [0.25, 0.3) is 10.0 Å². The number of nitrogens with one attached hydrogen (secondary N) is 1. The van der Waals surface area contributed by atoms with Crippen molar-refractivity contribution in [3.63, 3.8) is 0 Å². The molecule has 1 aliphatic rings. The summed E-state index contributed by atoms with van der Waals surface area (Å²) in [6, 6.07) is 2.97. The van der Waals surface area contributed by atoms with Gasteiger partial charge in [0, 0.05) is 18.9 Å². The van der Waals surface area contributed by atoms with E-state index in [0.717, 1.165) is 4.31 Å². The van der Waals surface area contributed by atoms with Crippen molar-refractivity contribution in [2.24, 2.45) is 0 Å². The Morgan fingerprint density at radius 2 is 2.24 bits per heavy atom. The molecule has 17 heavy (non-hydrogen) atoms. The van der Waals surface area contributed by atoms with E-state index in [9.17, 15) is 13.2 Å². The Labute approximate surface area is 99.7 Å². The van der Waals surface area contributed by atoms with Crippen LogP contribution in [0, 0.1) is 0 Å². The van der Waals surface area contributed by atoms with Gasteiger partial charge in [0.1, 0.15) is 4.90 Å². The lowest BCUT2D eigenvalue weighted by Crippen LogP contribution is -2.39. The molecule has 1 aromatic rings. The summed E-state index contributed by atoms with van der Waals surface area (Å²) in [5.41, 5.74) is 0. The van der Waals surface area contributed by atoms with Crippen LogP contribution in [0.3, 0.4) is 0 Å². The number of amides is 1. The van der Waals surface area contributed by atoms with Gasteiger partial charge in [-0.2, -0.15) is 0 Å². The molecule has 0 atom stereocenters. The highest BCUT2D eigenvalue weighted by atomic mass is 32.2. The summed E-state index contributed by atoms with van der Waals surface area (Å²) in [7, 11) is -3.75. The number of aromatic nitrogens is 1. The maximum atomic E-state index is 12.2. The average molecular weight is 255 g/mol. The molecule has 1 saturated heterocycles. The second-order valence-electron chi connectivity index (χ2n) is 3.69. The highest BCUT2D eigenvalue weighted by molar-refractivity contribution is 7.89. The van der Waals surface area contributed by atoms with Crippen LogP contribution < -0.4 is 5.32 Å². The number of carbonyl (C=O) groups excluding carboxylic acids is 1. The number of carbonyl (C=O) groups is 1. The molecule has 0 unspecified atom stereocenters. The van der Waals surface area contributed by atoms with Crippen molar-refractivity contribution in [1.82, 2.24) is 14.6 Å². The van der Waals surface area contributed by atoms with E-state index in [1.807, 2.05) is 0 Å². The predicted octanol–water partition coefficient (Wildman–Crippen LogP) is -0.408. The zero-order valence-electron chi connectivity index (χ0n) is 9.17. The highest BCUT2D eigenvalue weighted by Gasteiger charge is 2.29. The molecule has 1 aliphatic heterocycles. The molecule has 1 aromatic heterocycles. The van der Waals surface area contributed by atoms with E-state index >= 15 is 0 Å². The Morgan fingerprint density at radius 1 is 1.41 bits per heavy atom. The van der Waals surface area contributed by atoms with Crippen LogP contribution in [0.25, 0.3) is 0 Å². The van der Waals surface area contributed by atoms with E-state index < -0.39 is 15.9 Å². The normalized spacial score (nSPS) is 17.9. The zero-order valence-corrected chi connectivity index (χ0v) is 9.98. The van der Waals surface area contributed by atoms with Gasteiger partial charge in [-0.1, -0.05) is 0 Å². The minimum Gasteiger partial charge on any atom is -0.308 e. The van der Waals surface area contributed by atoms with E-state index in [4.69, 9.17) is 0 Å². The van der Waals surface area contributed by atoms with Gasteiger partial charge in [0.2, 0.25) is 5.91 Å². The summed E-state index contributed by atoms with van der Waals surface area (Å²) in [4.78, 5) is 15.5. The van der Waals surface area contributed by atoms with Crippen LogP contribution in [0.5, 0.6) is 0 Å². The Hall–Kier alpha value is -1.47. The second kappa shape index (κ2) is 4.80. The van der Waals surface area contributed by atoms with Crippen LogP contribution in [0.2, 0.25) is 0 Å². The molecular weight excluding hydrogens is 242 g/mol. The molecule has 7 heteroatoms. The Kier molecular flexibility index (Phi) is 3.39. The number of pyridine rings is 1. The topological polar surface area (TPSA) is 79.4 Å². The van der Waals surface area contributed by atoms with Crippen LogP contribution >= 0.6 is 0 Å². The van der Waals surface area contributed by atoms with Crippen LogP contribution in [-0.4, -0.2) is 43.2 Å². The van der Waals surface area contributed by atoms with Gasteiger partial charge in [0.05, 0.1) is 6.54 Å². The van der Waals surface area contributed by atoms with Crippen molar-refractivity contribution in [2.45, 2.75) is 11.3 Å². The molecule has 2 heterocycles. The Balaban J connectivity index is 2.34. The predicted molar refractivity (Wildman–Crippen MR) is 60.6 cm³/mol. The van der Waals surface area contributed by atoms with Crippen molar-refractivity contribution in [3.05, 3.63) is 24.5 Å². The number of rotatable bonds is 2. The number of nitrogens with zero attached hydrogens (tertiary/aromatic N) is 2. The first kappa shape index (κ1) is 12.0. The van der Waals surface area contributed by atoms with Crippen molar-refractivity contribution >= 4 is 15.9 Å². The summed E-state index contributed by atoms with van der Waals surface area (Å²) >= 11 is 0. The van der Waals surface area contributed by atoms with Gasteiger partial charge >= 0.3 is 0 Å². The minimum absolute atomic E-state index is 0.0512. The van der Waals surface area contributed by atoms with Crippen LogP contribution in [0.1, 0.15) is 6.42 Å². The number of sulfonamides is 1. The first-order valence-electron chi connectivity index (χ1n) is 5.29. The van der Waals surface area contributed by atoms with Crippen LogP contribution in [0.15, 0.2) is 29.4 Å². The third kappa shape index (κ3) is 2.45. The van der Waals surface area contributed by atoms with Crippen LogP contribution in [-0.2, 0) is 14.8 Å². The average Bonchev–Trinajstić information content (AvgIpc) is 2.55. The smallest absolute Gasteiger partial charge is 0.268 e. The minimum atomic E-state index is -3.75. The second-order valence-corrected chi connectivity index (χ2v) is 5.55. The molecule has 2 rings (SSSR count). The lowest BCUT2D eigenvalue weighted by Gasteiger charge is -2.19. The fourth-order valence-electron chi connectivity index (χ4n) is 1.64. The molecule has 0 saturated carbocycles. The van der Waals surface area contributed by atoms with Gasteiger partial charge in [-0.05, 0) is 25.1 Å². The van der Waals surface area contributed by atoms with Crippen molar-refractivity contribution < 1.29 is 13.2 Å². The van der Waals surface area contributed by atoms with E-state index in [1.165, 1.54) is 24.5 Å². The van der Waals surface area contributed by atoms with E-state index in [-0.39, 0.29) is 18.0 Å². The molecule has 6 nitrogen and oxygen atoms in total. The quantitative estimate of drug-likeness (QED) is 0.777. The third-order valence-corrected chi connectivity index (χ3v) is 4.30. The van der Waals surface area contributed by atoms with Crippen molar-refractivity contribution in [2.75, 3.05) is 19.6 Å². The SMILES string of the molecule is O=C1CNCCCN1S(=O)(=O)c1cccnc1. The maximum Gasteiger partial charge on any atom is 0.268 e. The highest BCUT2D eigenvalue weighted by Crippen LogP contribution is 2.15. The molecule has 0 bridgehead atoms. The molecule has 0 aromatic carbocycles. The lowest BCUT2D eigenvalue weighted by molar-refractivity contribution is -0.125. The summed E-state index contributed by atoms with van der Waals surface area (Å²) in [6.07, 6.45) is 3.36. The zero-order chi connectivity index (χ0) is 12.3. The van der Waals surface area contributed by atoms with E-state index in [2.05, 4.69) is 10.3 Å². The first-order valence-corrected chi connectivity index (χ1v) is 6.73. The maximum absolute atomic E-state index is 12.2. The van der Waals surface area contributed by atoms with Crippen molar-refractivity contribution in [1.29, 1.82) is 0 Å². The molecule has 92 valence electrons. The molecule has 0 aliphatic carbocycles. The molecule has 0 spiro atoms. The van der Waals surface area contributed by atoms with Crippen molar-refractivity contribution in [3.8, 4) is 0 Å². The summed E-state index contributed by atoms with van der Waals surface area (Å²) in [5, 5.41) is 2.88. The molecular formula is C10H13N3O3S. The fraction of sp³-hybridized carbons (Fsp3) is 0.400. The molecule has 1 N–H and O–H groups in total. The van der Waals surface area contributed by atoms with E-state index in [0.29, 0.717) is 13.0 Å². The third-order valence-electron chi connectivity index (χ3n) is 2.49. The largest absolute Gasteiger partial charge is 0.308 e. The monoisotopic (exact) mass is 255 g/mol.